The first kappa shape index (κ1) is 22.4. The maximum absolute atomic E-state index is 12.6. The van der Waals surface area contributed by atoms with Crippen LogP contribution in [0.4, 0.5) is 0 Å². The number of aryl methyl sites for hydroxylation is 1. The van der Waals surface area contributed by atoms with Crippen LogP contribution in [0.2, 0.25) is 0 Å². The molecule has 30 heavy (non-hydrogen) atoms. The molecule has 158 valence electrons. The van der Waals surface area contributed by atoms with Gasteiger partial charge < -0.3 is 14.6 Å². The molecule has 2 aromatic heterocycles. The van der Waals surface area contributed by atoms with E-state index in [1.807, 2.05) is 55.6 Å². The van der Waals surface area contributed by atoms with E-state index in [1.165, 1.54) is 5.56 Å². The van der Waals surface area contributed by atoms with Gasteiger partial charge in [-0.25, -0.2) is 0 Å². The molecule has 0 aliphatic carbocycles. The third kappa shape index (κ3) is 6.63. The number of thiophene rings is 1. The Morgan fingerprint density at radius 1 is 1.20 bits per heavy atom. The van der Waals surface area contributed by atoms with Gasteiger partial charge in [0.2, 0.25) is 5.91 Å². The zero-order valence-corrected chi connectivity index (χ0v) is 19.0. The zero-order chi connectivity index (χ0) is 21.3. The molecular weight excluding hydrogens is 415 g/mol. The number of hydrogen-bond donors (Lipinski definition) is 1. The minimum Gasteiger partial charge on any atom is -0.612 e. The SMILES string of the molecule is CC(C)[C@H](N=[P+]([O-])Cc1cccs1)C(=O)NCCCc1ccc(-c2ccco2)cc1. The van der Waals surface area contributed by atoms with Crippen LogP contribution in [0, 0.1) is 5.92 Å². The number of rotatable bonds is 10. The molecular formula is C23H27N2O3PS. The van der Waals surface area contributed by atoms with Crippen LogP contribution in [0.1, 0.15) is 30.7 Å². The second-order valence-corrected chi connectivity index (χ2v) is 9.75. The second kappa shape index (κ2) is 11.2. The van der Waals surface area contributed by atoms with E-state index >= 15 is 0 Å². The topological polar surface area (TPSA) is 77.7 Å². The van der Waals surface area contributed by atoms with Crippen LogP contribution < -0.4 is 10.2 Å². The van der Waals surface area contributed by atoms with Crippen LogP contribution in [-0.4, -0.2) is 18.5 Å². The molecule has 1 unspecified atom stereocenters. The summed E-state index contributed by atoms with van der Waals surface area (Å²) in [4.78, 5) is 26.0. The Morgan fingerprint density at radius 2 is 2.00 bits per heavy atom. The highest BCUT2D eigenvalue weighted by Gasteiger charge is 2.24. The fourth-order valence-corrected chi connectivity index (χ4v) is 5.31. The van der Waals surface area contributed by atoms with Gasteiger partial charge in [-0.1, -0.05) is 48.9 Å². The van der Waals surface area contributed by atoms with Crippen LogP contribution in [-0.2, 0) is 17.4 Å². The van der Waals surface area contributed by atoms with Gasteiger partial charge in [-0.05, 0) is 47.9 Å². The summed E-state index contributed by atoms with van der Waals surface area (Å²) in [5.74, 6) is 0.712. The molecule has 0 aliphatic rings. The summed E-state index contributed by atoms with van der Waals surface area (Å²) in [6.45, 7) is 4.44. The molecule has 0 bridgehead atoms. The van der Waals surface area contributed by atoms with E-state index in [9.17, 15) is 9.69 Å². The molecule has 0 aliphatic heterocycles. The van der Waals surface area contributed by atoms with Crippen molar-refractivity contribution < 1.29 is 14.1 Å². The molecule has 1 aromatic carbocycles. The molecule has 1 N–H and O–H groups in total. The first-order valence-corrected chi connectivity index (χ1v) is 12.4. The predicted octanol–water partition coefficient (Wildman–Crippen LogP) is 5.22. The van der Waals surface area contributed by atoms with Crippen LogP contribution in [0.15, 0.2) is 69.3 Å². The number of furan rings is 1. The minimum absolute atomic E-state index is 0.00132. The average molecular weight is 443 g/mol. The maximum atomic E-state index is 12.6. The largest absolute Gasteiger partial charge is 0.612 e. The molecule has 2 heterocycles. The number of carbonyl (C=O) groups is 1. The van der Waals surface area contributed by atoms with Crippen molar-refractivity contribution in [3.8, 4) is 11.3 Å². The predicted molar refractivity (Wildman–Crippen MR) is 121 cm³/mol. The lowest BCUT2D eigenvalue weighted by molar-refractivity contribution is -0.156. The van der Waals surface area contributed by atoms with Gasteiger partial charge in [0.05, 0.1) is 11.1 Å². The van der Waals surface area contributed by atoms with Crippen molar-refractivity contribution in [3.05, 3.63) is 70.6 Å². The van der Waals surface area contributed by atoms with Crippen molar-refractivity contribution in [2.45, 2.75) is 38.9 Å². The number of benzene rings is 1. The third-order valence-corrected chi connectivity index (χ3v) is 6.93. The van der Waals surface area contributed by atoms with Gasteiger partial charge in [0.1, 0.15) is 5.76 Å². The van der Waals surface area contributed by atoms with Gasteiger partial charge in [0, 0.05) is 12.1 Å². The summed E-state index contributed by atoms with van der Waals surface area (Å²) >= 11 is 1.56. The fraction of sp³-hybridized carbons (Fsp3) is 0.348. The van der Waals surface area contributed by atoms with Crippen molar-refractivity contribution in [2.24, 2.45) is 10.7 Å². The van der Waals surface area contributed by atoms with Crippen molar-refractivity contribution in [2.75, 3.05) is 6.54 Å². The molecule has 3 aromatic rings. The molecule has 2 atom stereocenters. The van der Waals surface area contributed by atoms with E-state index in [2.05, 4.69) is 22.2 Å². The molecule has 1 amide bonds. The van der Waals surface area contributed by atoms with E-state index in [0.717, 1.165) is 29.0 Å². The molecule has 5 nitrogen and oxygen atoms in total. The van der Waals surface area contributed by atoms with Crippen molar-refractivity contribution >= 4 is 25.2 Å². The normalized spacial score (nSPS) is 12.9. The Bertz CT molecular complexity index is 936. The molecule has 0 radical (unpaired) electrons. The highest BCUT2D eigenvalue weighted by atomic mass is 32.1. The molecule has 0 spiro atoms. The van der Waals surface area contributed by atoms with Gasteiger partial charge in [-0.3, -0.25) is 4.79 Å². The molecule has 0 saturated heterocycles. The summed E-state index contributed by atoms with van der Waals surface area (Å²) < 4.78 is 9.72. The van der Waals surface area contributed by atoms with E-state index < -0.39 is 14.0 Å². The van der Waals surface area contributed by atoms with Crippen molar-refractivity contribution in [3.63, 3.8) is 0 Å². The molecule has 7 heteroatoms. The highest BCUT2D eigenvalue weighted by Crippen LogP contribution is 2.27. The summed E-state index contributed by atoms with van der Waals surface area (Å²) in [5, 5.41) is 4.91. The van der Waals surface area contributed by atoms with Gasteiger partial charge >= 0.3 is 0 Å². The van der Waals surface area contributed by atoms with Gasteiger partial charge in [0.25, 0.3) is 0 Å². The Balaban J connectivity index is 1.46. The second-order valence-electron chi connectivity index (χ2n) is 7.46. The van der Waals surface area contributed by atoms with Crippen LogP contribution in [0.3, 0.4) is 0 Å². The molecule has 3 rings (SSSR count). The number of amides is 1. The fourth-order valence-electron chi connectivity index (χ4n) is 3.09. The monoisotopic (exact) mass is 442 g/mol. The van der Waals surface area contributed by atoms with E-state index in [4.69, 9.17) is 4.42 Å². The average Bonchev–Trinajstić information content (AvgIpc) is 3.44. The van der Waals surface area contributed by atoms with Gasteiger partial charge in [-0.15, -0.1) is 11.3 Å². The Labute approximate surface area is 182 Å². The van der Waals surface area contributed by atoms with Crippen molar-refractivity contribution in [1.29, 1.82) is 0 Å². The molecule has 0 saturated carbocycles. The minimum atomic E-state index is -1.79. The first-order valence-electron chi connectivity index (χ1n) is 10.1. The first-order chi connectivity index (χ1) is 14.5. The summed E-state index contributed by atoms with van der Waals surface area (Å²) in [6, 6.07) is 15.4. The standard InChI is InChI=1S/C23H27N2O3PS/c1-17(2)22(25-29(27)16-20-7-5-15-30-20)23(26)24-13-3-6-18-9-11-19(12-10-18)21-8-4-14-28-21/h4-5,7-12,14-15,17,22H,3,6,13,16H2,1-2H3,(H,24,26)/t22-/m0/s1. The van der Waals surface area contributed by atoms with Crippen LogP contribution in [0.5, 0.6) is 0 Å². The van der Waals surface area contributed by atoms with Crippen LogP contribution >= 0.6 is 19.3 Å². The Kier molecular flexibility index (Phi) is 8.38. The maximum Gasteiger partial charge on any atom is 0.249 e. The van der Waals surface area contributed by atoms with Gasteiger partial charge in [0.15, 0.2) is 20.1 Å². The Morgan fingerprint density at radius 3 is 2.63 bits per heavy atom. The summed E-state index contributed by atoms with van der Waals surface area (Å²) in [6.07, 6.45) is 3.77. The van der Waals surface area contributed by atoms with Crippen molar-refractivity contribution in [1.82, 2.24) is 5.32 Å². The van der Waals surface area contributed by atoms with Gasteiger partial charge in [-0.2, -0.15) is 0 Å². The Hall–Kier alpha value is -2.27. The summed E-state index contributed by atoms with van der Waals surface area (Å²) in [5.41, 5.74) is 2.26. The number of nitrogens with one attached hydrogen (secondary N) is 1. The lowest BCUT2D eigenvalue weighted by Gasteiger charge is -2.14. The lowest BCUT2D eigenvalue weighted by Crippen LogP contribution is -2.37. The van der Waals surface area contributed by atoms with Crippen LogP contribution in [0.25, 0.3) is 11.3 Å². The van der Waals surface area contributed by atoms with E-state index in [0.29, 0.717) is 12.7 Å². The smallest absolute Gasteiger partial charge is 0.249 e. The van der Waals surface area contributed by atoms with E-state index in [-0.39, 0.29) is 11.8 Å². The number of carbonyl (C=O) groups excluding carboxylic acids is 1. The molecule has 0 fully saturated rings. The quantitative estimate of drug-likeness (QED) is 0.345. The number of nitrogens with zero attached hydrogens (tertiary/aromatic N) is 1. The zero-order valence-electron chi connectivity index (χ0n) is 17.3. The number of hydrogen-bond acceptors (Lipinski definition) is 5. The highest BCUT2D eigenvalue weighted by molar-refractivity contribution is 7.39. The summed E-state index contributed by atoms with van der Waals surface area (Å²) in [7, 11) is -1.79. The third-order valence-electron chi connectivity index (χ3n) is 4.73. The van der Waals surface area contributed by atoms with E-state index in [1.54, 1.807) is 17.6 Å². The lowest BCUT2D eigenvalue weighted by atomic mass is 10.0.